The molecule has 3 aromatic rings. The van der Waals surface area contributed by atoms with E-state index in [2.05, 4.69) is 16.0 Å². The predicted octanol–water partition coefficient (Wildman–Crippen LogP) is 3.55. The predicted molar refractivity (Wildman–Crippen MR) is 126 cm³/mol. The molecular formula is C26H28N4O2. The fourth-order valence-electron chi connectivity index (χ4n) is 3.69. The number of hydrogen-bond acceptors (Lipinski definition) is 3. The number of nitrogens with two attached hydrogens (primary N) is 1. The Labute approximate surface area is 188 Å². The molecule has 0 aromatic heterocycles. The number of urea groups is 1. The second-order valence-corrected chi connectivity index (χ2v) is 8.17. The zero-order valence-electron chi connectivity index (χ0n) is 17.8. The molecule has 5 N–H and O–H groups in total. The SMILES string of the molecule is N[C@@H]1C[C@H]1c1ccc(NC(=O)C(Cc2ccccc2)NC(=O)NCc2ccccc2)cc1. The highest BCUT2D eigenvalue weighted by Gasteiger charge is 2.34. The maximum absolute atomic E-state index is 13.0. The molecule has 1 unspecified atom stereocenters. The van der Waals surface area contributed by atoms with E-state index in [0.29, 0.717) is 24.6 Å². The molecule has 3 atom stereocenters. The number of carbonyl (C=O) groups is 2. The van der Waals surface area contributed by atoms with Gasteiger partial charge in [-0.15, -0.1) is 0 Å². The summed E-state index contributed by atoms with van der Waals surface area (Å²) in [4.78, 5) is 25.6. The molecule has 4 rings (SSSR count). The number of benzene rings is 3. The molecule has 1 saturated carbocycles. The fourth-order valence-corrected chi connectivity index (χ4v) is 3.69. The van der Waals surface area contributed by atoms with Crippen LogP contribution in [0.3, 0.4) is 0 Å². The monoisotopic (exact) mass is 428 g/mol. The maximum atomic E-state index is 13.0. The van der Waals surface area contributed by atoms with Gasteiger partial charge in [0.15, 0.2) is 0 Å². The van der Waals surface area contributed by atoms with E-state index in [1.165, 1.54) is 5.56 Å². The Kier molecular flexibility index (Phi) is 6.82. The highest BCUT2D eigenvalue weighted by molar-refractivity contribution is 5.97. The summed E-state index contributed by atoms with van der Waals surface area (Å²) >= 11 is 0. The molecule has 0 spiro atoms. The summed E-state index contributed by atoms with van der Waals surface area (Å²) in [5, 5.41) is 8.57. The van der Waals surface area contributed by atoms with Crippen molar-refractivity contribution in [1.29, 1.82) is 0 Å². The highest BCUT2D eigenvalue weighted by Crippen LogP contribution is 2.39. The van der Waals surface area contributed by atoms with Crippen LogP contribution in [-0.4, -0.2) is 24.0 Å². The molecule has 0 heterocycles. The van der Waals surface area contributed by atoms with Crippen LogP contribution in [0, 0.1) is 0 Å². The molecule has 0 bridgehead atoms. The first-order chi connectivity index (χ1) is 15.6. The Morgan fingerprint density at radius 3 is 2.06 bits per heavy atom. The lowest BCUT2D eigenvalue weighted by molar-refractivity contribution is -0.117. The minimum atomic E-state index is -0.718. The first kappa shape index (κ1) is 21.6. The second kappa shape index (κ2) is 10.1. The van der Waals surface area contributed by atoms with Gasteiger partial charge in [0.25, 0.3) is 0 Å². The summed E-state index contributed by atoms with van der Waals surface area (Å²) in [7, 11) is 0. The average Bonchev–Trinajstić information content (AvgIpc) is 3.55. The van der Waals surface area contributed by atoms with Crippen molar-refractivity contribution in [2.45, 2.75) is 37.4 Å². The summed E-state index contributed by atoms with van der Waals surface area (Å²) in [5.74, 6) is 0.153. The fraction of sp³-hybridized carbons (Fsp3) is 0.231. The van der Waals surface area contributed by atoms with Crippen LogP contribution in [0.4, 0.5) is 10.5 Å². The van der Waals surface area contributed by atoms with Crippen molar-refractivity contribution in [1.82, 2.24) is 10.6 Å². The highest BCUT2D eigenvalue weighted by atomic mass is 16.2. The van der Waals surface area contributed by atoms with Crippen molar-refractivity contribution in [3.8, 4) is 0 Å². The van der Waals surface area contributed by atoms with Gasteiger partial charge in [0, 0.05) is 30.6 Å². The van der Waals surface area contributed by atoms with Crippen molar-refractivity contribution in [2.75, 3.05) is 5.32 Å². The Bertz CT molecular complexity index is 1040. The van der Waals surface area contributed by atoms with E-state index in [1.807, 2.05) is 84.9 Å². The van der Waals surface area contributed by atoms with E-state index < -0.39 is 6.04 Å². The minimum absolute atomic E-state index is 0.240. The largest absolute Gasteiger partial charge is 0.334 e. The molecule has 164 valence electrons. The molecule has 1 aliphatic rings. The average molecular weight is 429 g/mol. The molecule has 32 heavy (non-hydrogen) atoms. The van der Waals surface area contributed by atoms with E-state index >= 15 is 0 Å². The Morgan fingerprint density at radius 2 is 1.47 bits per heavy atom. The first-order valence-corrected chi connectivity index (χ1v) is 10.9. The van der Waals surface area contributed by atoms with E-state index in [0.717, 1.165) is 17.5 Å². The Balaban J connectivity index is 1.39. The quantitative estimate of drug-likeness (QED) is 0.442. The molecule has 3 aromatic carbocycles. The van der Waals surface area contributed by atoms with Crippen molar-refractivity contribution >= 4 is 17.6 Å². The topological polar surface area (TPSA) is 96.2 Å². The lowest BCUT2D eigenvalue weighted by Gasteiger charge is -2.19. The summed E-state index contributed by atoms with van der Waals surface area (Å²) in [6, 6.07) is 26.2. The summed E-state index contributed by atoms with van der Waals surface area (Å²) < 4.78 is 0. The van der Waals surface area contributed by atoms with Gasteiger partial charge in [0.1, 0.15) is 6.04 Å². The second-order valence-electron chi connectivity index (χ2n) is 8.17. The molecular weight excluding hydrogens is 400 g/mol. The Morgan fingerprint density at radius 1 is 0.875 bits per heavy atom. The van der Waals surface area contributed by atoms with Gasteiger partial charge in [-0.1, -0.05) is 72.8 Å². The van der Waals surface area contributed by atoms with Gasteiger partial charge in [0.05, 0.1) is 0 Å². The first-order valence-electron chi connectivity index (χ1n) is 10.9. The normalized spacial score (nSPS) is 17.8. The standard InChI is InChI=1S/C26H28N4O2/c27-23-16-22(23)20-11-13-21(14-12-20)29-25(31)24(15-18-7-3-1-4-8-18)30-26(32)28-17-19-9-5-2-6-10-19/h1-14,22-24H,15-17,27H2,(H,29,31)(H2,28,30,32)/t22-,23+,24?/m0/s1. The molecule has 1 fully saturated rings. The molecule has 1 aliphatic carbocycles. The van der Waals surface area contributed by atoms with Crippen molar-refractivity contribution in [3.63, 3.8) is 0 Å². The number of carbonyl (C=O) groups excluding carboxylic acids is 2. The van der Waals surface area contributed by atoms with Gasteiger partial charge >= 0.3 is 6.03 Å². The lowest BCUT2D eigenvalue weighted by Crippen LogP contribution is -2.49. The van der Waals surface area contributed by atoms with Gasteiger partial charge in [-0.25, -0.2) is 4.79 Å². The summed E-state index contributed by atoms with van der Waals surface area (Å²) in [6.45, 7) is 0.386. The van der Waals surface area contributed by atoms with Crippen LogP contribution in [0.15, 0.2) is 84.9 Å². The van der Waals surface area contributed by atoms with Gasteiger partial charge in [-0.3, -0.25) is 4.79 Å². The number of nitrogens with one attached hydrogen (secondary N) is 3. The van der Waals surface area contributed by atoms with Crippen LogP contribution in [0.1, 0.15) is 29.0 Å². The van der Waals surface area contributed by atoms with E-state index in [1.54, 1.807) is 0 Å². The van der Waals surface area contributed by atoms with Crippen LogP contribution in [0.25, 0.3) is 0 Å². The van der Waals surface area contributed by atoms with Crippen molar-refractivity contribution in [3.05, 3.63) is 102 Å². The summed E-state index contributed by atoms with van der Waals surface area (Å²) in [5.41, 5.74) is 9.76. The minimum Gasteiger partial charge on any atom is -0.334 e. The molecule has 6 heteroatoms. The zero-order valence-corrected chi connectivity index (χ0v) is 17.8. The van der Waals surface area contributed by atoms with Gasteiger partial charge < -0.3 is 21.7 Å². The molecule has 6 nitrogen and oxygen atoms in total. The van der Waals surface area contributed by atoms with E-state index in [9.17, 15) is 9.59 Å². The number of anilines is 1. The van der Waals surface area contributed by atoms with Crippen LogP contribution < -0.4 is 21.7 Å². The number of amides is 3. The van der Waals surface area contributed by atoms with Crippen LogP contribution in [0.2, 0.25) is 0 Å². The van der Waals surface area contributed by atoms with E-state index in [4.69, 9.17) is 5.73 Å². The van der Waals surface area contributed by atoms with E-state index in [-0.39, 0.29) is 18.0 Å². The van der Waals surface area contributed by atoms with Crippen LogP contribution in [0.5, 0.6) is 0 Å². The molecule has 0 aliphatic heterocycles. The van der Waals surface area contributed by atoms with Crippen molar-refractivity contribution < 1.29 is 9.59 Å². The van der Waals surface area contributed by atoms with Gasteiger partial charge in [-0.2, -0.15) is 0 Å². The van der Waals surface area contributed by atoms with Gasteiger partial charge in [-0.05, 0) is 35.2 Å². The van der Waals surface area contributed by atoms with Crippen molar-refractivity contribution in [2.24, 2.45) is 5.73 Å². The maximum Gasteiger partial charge on any atom is 0.315 e. The molecule has 0 radical (unpaired) electrons. The third-order valence-corrected chi connectivity index (χ3v) is 5.65. The van der Waals surface area contributed by atoms with Crippen LogP contribution >= 0.6 is 0 Å². The third kappa shape index (κ3) is 5.95. The summed E-state index contributed by atoms with van der Waals surface area (Å²) in [6.07, 6.45) is 1.40. The number of rotatable bonds is 8. The third-order valence-electron chi connectivity index (χ3n) is 5.65. The molecule has 0 saturated heterocycles. The number of hydrogen-bond donors (Lipinski definition) is 4. The lowest BCUT2D eigenvalue weighted by atomic mass is 10.0. The van der Waals surface area contributed by atoms with Crippen LogP contribution in [-0.2, 0) is 17.8 Å². The molecule has 3 amide bonds. The zero-order chi connectivity index (χ0) is 22.3. The Hall–Kier alpha value is -3.64. The van der Waals surface area contributed by atoms with Gasteiger partial charge in [0.2, 0.25) is 5.91 Å². The smallest absolute Gasteiger partial charge is 0.315 e.